The number of allylic oxidation sites excluding steroid dienone is 18. The van der Waals surface area contributed by atoms with E-state index in [1.807, 2.05) is 0 Å². The second-order valence-electron chi connectivity index (χ2n) is 22.7. The van der Waals surface area contributed by atoms with Crippen LogP contribution in [0.3, 0.4) is 0 Å². The number of esters is 3. The average Bonchev–Trinajstić information content (AvgIpc) is 3.47. The van der Waals surface area contributed by atoms with Gasteiger partial charge in [-0.2, -0.15) is 0 Å². The molecule has 0 saturated carbocycles. The van der Waals surface area contributed by atoms with Gasteiger partial charge in [-0.05, 0) is 109 Å². The first-order chi connectivity index (χ1) is 40.0. The molecule has 0 aromatic rings. The molecular weight excluding hydrogens is 997 g/mol. The van der Waals surface area contributed by atoms with Crippen molar-refractivity contribution in [1.29, 1.82) is 0 Å². The van der Waals surface area contributed by atoms with Crippen molar-refractivity contribution in [1.82, 2.24) is 0 Å². The van der Waals surface area contributed by atoms with Crippen LogP contribution >= 0.6 is 0 Å². The van der Waals surface area contributed by atoms with E-state index in [0.717, 1.165) is 128 Å². The summed E-state index contributed by atoms with van der Waals surface area (Å²) in [6.45, 7) is 6.53. The van der Waals surface area contributed by atoms with Crippen LogP contribution in [0.15, 0.2) is 109 Å². The summed E-state index contributed by atoms with van der Waals surface area (Å²) in [6.07, 6.45) is 93.8. The fraction of sp³-hybridized carbons (Fsp3) is 0.720. The SMILES string of the molecule is CC/C=C\C/C=C\C/C=C\C/C=C\C/C=C\C/C=C\C/C=C\CCCCCCCC(=O)OCC(COC(=O)CCCCCCCCCCCCCCCCC)OC(=O)CCCCCCCCCCC/C=C\C/C=C\CCCCCCC. The van der Waals surface area contributed by atoms with Gasteiger partial charge in [-0.15, -0.1) is 0 Å². The quantitative estimate of drug-likeness (QED) is 0.0261. The minimum Gasteiger partial charge on any atom is -0.462 e. The highest BCUT2D eigenvalue weighted by atomic mass is 16.6. The molecule has 0 N–H and O–H groups in total. The number of unbranched alkanes of at least 4 members (excludes halogenated alkanes) is 33. The highest BCUT2D eigenvalue weighted by molar-refractivity contribution is 5.71. The van der Waals surface area contributed by atoms with E-state index in [2.05, 4.69) is 130 Å². The van der Waals surface area contributed by atoms with Gasteiger partial charge >= 0.3 is 17.9 Å². The smallest absolute Gasteiger partial charge is 0.306 e. The Balaban J connectivity index is 4.40. The second kappa shape index (κ2) is 68.6. The predicted molar refractivity (Wildman–Crippen MR) is 353 cm³/mol. The van der Waals surface area contributed by atoms with Gasteiger partial charge < -0.3 is 14.2 Å². The zero-order chi connectivity index (χ0) is 58.5. The number of hydrogen-bond donors (Lipinski definition) is 0. The van der Waals surface area contributed by atoms with Crippen molar-refractivity contribution < 1.29 is 28.6 Å². The van der Waals surface area contributed by atoms with Gasteiger partial charge in [0.15, 0.2) is 6.10 Å². The van der Waals surface area contributed by atoms with E-state index in [9.17, 15) is 14.4 Å². The lowest BCUT2D eigenvalue weighted by Gasteiger charge is -2.18. The molecule has 0 rings (SSSR count). The highest BCUT2D eigenvalue weighted by Crippen LogP contribution is 2.17. The van der Waals surface area contributed by atoms with Crippen LogP contribution in [0.1, 0.15) is 329 Å². The summed E-state index contributed by atoms with van der Waals surface area (Å²) in [6, 6.07) is 0. The third-order valence-corrected chi connectivity index (χ3v) is 14.8. The molecule has 0 bridgehead atoms. The first kappa shape index (κ1) is 77.1. The minimum atomic E-state index is -0.791. The molecule has 0 aliphatic heterocycles. The van der Waals surface area contributed by atoms with Crippen LogP contribution < -0.4 is 0 Å². The molecule has 0 radical (unpaired) electrons. The Kier molecular flexibility index (Phi) is 65.2. The first-order valence-corrected chi connectivity index (χ1v) is 34.4. The first-order valence-electron chi connectivity index (χ1n) is 34.4. The van der Waals surface area contributed by atoms with E-state index in [4.69, 9.17) is 14.2 Å². The van der Waals surface area contributed by atoms with Crippen molar-refractivity contribution in [2.75, 3.05) is 13.2 Å². The lowest BCUT2D eigenvalue weighted by molar-refractivity contribution is -0.167. The van der Waals surface area contributed by atoms with Gasteiger partial charge in [-0.25, -0.2) is 0 Å². The Morgan fingerprint density at radius 2 is 0.481 bits per heavy atom. The van der Waals surface area contributed by atoms with Crippen LogP contribution in [0.4, 0.5) is 0 Å². The lowest BCUT2D eigenvalue weighted by atomic mass is 10.0. The van der Waals surface area contributed by atoms with Crippen molar-refractivity contribution in [2.45, 2.75) is 335 Å². The maximum atomic E-state index is 13.0. The molecule has 0 aromatic heterocycles. The molecule has 1 atom stereocenters. The molecule has 0 heterocycles. The summed E-state index contributed by atoms with van der Waals surface area (Å²) >= 11 is 0. The number of carbonyl (C=O) groups is 3. The number of hydrogen-bond acceptors (Lipinski definition) is 6. The monoisotopic (exact) mass is 1120 g/mol. The van der Waals surface area contributed by atoms with E-state index < -0.39 is 6.10 Å². The Morgan fingerprint density at radius 3 is 0.753 bits per heavy atom. The molecule has 81 heavy (non-hydrogen) atoms. The Hall–Kier alpha value is -3.93. The van der Waals surface area contributed by atoms with E-state index in [-0.39, 0.29) is 31.1 Å². The highest BCUT2D eigenvalue weighted by Gasteiger charge is 2.19. The van der Waals surface area contributed by atoms with Crippen LogP contribution in [0.25, 0.3) is 0 Å². The molecule has 6 heteroatoms. The van der Waals surface area contributed by atoms with Gasteiger partial charge in [0.1, 0.15) is 13.2 Å². The second-order valence-corrected chi connectivity index (χ2v) is 22.7. The molecule has 0 fully saturated rings. The fourth-order valence-electron chi connectivity index (χ4n) is 9.63. The van der Waals surface area contributed by atoms with Crippen molar-refractivity contribution in [3.05, 3.63) is 109 Å². The molecule has 0 aromatic carbocycles. The summed E-state index contributed by atoms with van der Waals surface area (Å²) in [7, 11) is 0. The molecule has 0 spiro atoms. The van der Waals surface area contributed by atoms with Crippen LogP contribution in [-0.2, 0) is 28.6 Å². The summed E-state index contributed by atoms with van der Waals surface area (Å²) in [4.78, 5) is 38.4. The Labute approximate surface area is 501 Å². The fourth-order valence-corrected chi connectivity index (χ4v) is 9.63. The molecule has 1 unspecified atom stereocenters. The maximum absolute atomic E-state index is 13.0. The summed E-state index contributed by atoms with van der Waals surface area (Å²) in [5, 5.41) is 0. The normalized spacial score (nSPS) is 12.8. The van der Waals surface area contributed by atoms with Gasteiger partial charge in [0, 0.05) is 19.3 Å². The molecule has 0 aliphatic carbocycles. The summed E-state index contributed by atoms with van der Waals surface area (Å²) in [5.41, 5.74) is 0. The van der Waals surface area contributed by atoms with Gasteiger partial charge in [-0.3, -0.25) is 14.4 Å². The van der Waals surface area contributed by atoms with Crippen LogP contribution in [0.2, 0.25) is 0 Å². The van der Waals surface area contributed by atoms with E-state index in [0.29, 0.717) is 19.3 Å². The molecular formula is C75H128O6. The van der Waals surface area contributed by atoms with Gasteiger partial charge in [0.25, 0.3) is 0 Å². The Morgan fingerprint density at radius 1 is 0.259 bits per heavy atom. The third-order valence-electron chi connectivity index (χ3n) is 14.8. The number of carbonyl (C=O) groups excluding carboxylic acids is 3. The van der Waals surface area contributed by atoms with Crippen molar-refractivity contribution in [2.24, 2.45) is 0 Å². The third kappa shape index (κ3) is 66.8. The van der Waals surface area contributed by atoms with Crippen LogP contribution in [0, 0.1) is 0 Å². The minimum absolute atomic E-state index is 0.0840. The maximum Gasteiger partial charge on any atom is 0.306 e. The van der Waals surface area contributed by atoms with E-state index in [1.54, 1.807) is 0 Å². The van der Waals surface area contributed by atoms with E-state index in [1.165, 1.54) is 161 Å². The Bertz CT molecular complexity index is 1620. The van der Waals surface area contributed by atoms with Crippen molar-refractivity contribution in [3.8, 4) is 0 Å². The van der Waals surface area contributed by atoms with E-state index >= 15 is 0 Å². The topological polar surface area (TPSA) is 78.9 Å². The van der Waals surface area contributed by atoms with Gasteiger partial charge in [0.05, 0.1) is 0 Å². The van der Waals surface area contributed by atoms with Crippen LogP contribution in [0.5, 0.6) is 0 Å². The number of rotatable bonds is 62. The molecule has 464 valence electrons. The molecule has 0 saturated heterocycles. The average molecular weight is 1130 g/mol. The van der Waals surface area contributed by atoms with Gasteiger partial charge in [0.2, 0.25) is 0 Å². The standard InChI is InChI=1S/C75H128O6/c1-4-7-10-13-16-19-22-25-28-30-32-34-35-36-37-38-39-41-42-44-47-50-53-56-59-62-65-68-74(77)80-71-72(70-79-73(76)67-64-61-58-55-52-49-46-27-24-21-18-15-12-9-6-3)81-75(78)69-66-63-60-57-54-51-48-45-43-40-33-31-29-26-23-20-17-14-11-8-5-2/h7,10,16,19,23,25-26,28,31-34,36-37,39,41,44,47,72H,4-6,8-9,11-15,17-18,20-22,24,27,29-30,35,38,40,42-43,45-46,48-71H2,1-3H3/b10-7-,19-16-,26-23-,28-25-,33-31-,34-32-,37-36-,41-39-,47-44-. The molecule has 6 nitrogen and oxygen atoms in total. The summed E-state index contributed by atoms with van der Waals surface area (Å²) in [5.74, 6) is -0.895. The summed E-state index contributed by atoms with van der Waals surface area (Å²) < 4.78 is 17.0. The molecule has 0 amide bonds. The lowest BCUT2D eigenvalue weighted by Crippen LogP contribution is -2.30. The zero-order valence-corrected chi connectivity index (χ0v) is 53.3. The van der Waals surface area contributed by atoms with Crippen LogP contribution in [-0.4, -0.2) is 37.2 Å². The molecule has 0 aliphatic rings. The number of ether oxygens (including phenoxy) is 3. The van der Waals surface area contributed by atoms with Crippen molar-refractivity contribution >= 4 is 17.9 Å². The van der Waals surface area contributed by atoms with Gasteiger partial charge in [-0.1, -0.05) is 310 Å². The predicted octanol–water partition coefficient (Wildman–Crippen LogP) is 23.8. The largest absolute Gasteiger partial charge is 0.462 e. The van der Waals surface area contributed by atoms with Crippen molar-refractivity contribution in [3.63, 3.8) is 0 Å². The zero-order valence-electron chi connectivity index (χ0n) is 53.3.